The molecular formula is C17H20N6. The molecule has 4 heterocycles. The topological polar surface area (TPSA) is 51.8 Å². The summed E-state index contributed by atoms with van der Waals surface area (Å²) in [7, 11) is 0. The van der Waals surface area contributed by atoms with E-state index in [1.54, 1.807) is 0 Å². The van der Waals surface area contributed by atoms with Gasteiger partial charge < -0.3 is 9.13 Å². The zero-order valence-electron chi connectivity index (χ0n) is 13.0. The number of pyridine rings is 1. The van der Waals surface area contributed by atoms with Crippen molar-refractivity contribution in [3.8, 4) is 0 Å². The SMILES string of the molecule is c1ccn(Cc2nnc3n2CCCN(Cc2ccncc2)C3)c1. The summed E-state index contributed by atoms with van der Waals surface area (Å²) in [4.78, 5) is 6.52. The maximum Gasteiger partial charge on any atom is 0.153 e. The Hall–Kier alpha value is -2.47. The Kier molecular flexibility index (Phi) is 3.90. The summed E-state index contributed by atoms with van der Waals surface area (Å²) in [6, 6.07) is 8.23. The Morgan fingerprint density at radius 1 is 0.957 bits per heavy atom. The first kappa shape index (κ1) is 14.1. The van der Waals surface area contributed by atoms with Crippen molar-refractivity contribution < 1.29 is 0 Å². The van der Waals surface area contributed by atoms with Crippen LogP contribution >= 0.6 is 0 Å². The van der Waals surface area contributed by atoms with Crippen LogP contribution in [0.25, 0.3) is 0 Å². The average molecular weight is 308 g/mol. The predicted molar refractivity (Wildman–Crippen MR) is 86.5 cm³/mol. The molecule has 0 aliphatic carbocycles. The van der Waals surface area contributed by atoms with Crippen LogP contribution in [0.3, 0.4) is 0 Å². The van der Waals surface area contributed by atoms with Gasteiger partial charge >= 0.3 is 0 Å². The summed E-state index contributed by atoms with van der Waals surface area (Å²) < 4.78 is 4.42. The Balaban J connectivity index is 1.50. The highest BCUT2D eigenvalue weighted by Gasteiger charge is 2.19. The minimum atomic E-state index is 0.782. The second-order valence-corrected chi connectivity index (χ2v) is 5.96. The molecule has 0 unspecified atom stereocenters. The first-order chi connectivity index (χ1) is 11.4. The molecule has 3 aromatic heterocycles. The minimum absolute atomic E-state index is 0.782. The van der Waals surface area contributed by atoms with E-state index in [1.807, 2.05) is 24.5 Å². The van der Waals surface area contributed by atoms with Crippen molar-refractivity contribution in [2.24, 2.45) is 0 Å². The smallest absolute Gasteiger partial charge is 0.153 e. The molecule has 0 radical (unpaired) electrons. The van der Waals surface area contributed by atoms with Crippen molar-refractivity contribution in [3.05, 3.63) is 66.3 Å². The monoisotopic (exact) mass is 308 g/mol. The van der Waals surface area contributed by atoms with Crippen LogP contribution in [0, 0.1) is 0 Å². The maximum absolute atomic E-state index is 4.43. The molecule has 0 N–H and O–H groups in total. The van der Waals surface area contributed by atoms with Crippen molar-refractivity contribution in [1.29, 1.82) is 0 Å². The Morgan fingerprint density at radius 3 is 2.61 bits per heavy atom. The summed E-state index contributed by atoms with van der Waals surface area (Å²) in [5.41, 5.74) is 1.29. The maximum atomic E-state index is 4.43. The second kappa shape index (κ2) is 6.34. The molecule has 0 spiro atoms. The van der Waals surface area contributed by atoms with Crippen LogP contribution in [0.5, 0.6) is 0 Å². The van der Waals surface area contributed by atoms with Gasteiger partial charge in [0.05, 0.1) is 13.1 Å². The van der Waals surface area contributed by atoms with E-state index >= 15 is 0 Å². The van der Waals surface area contributed by atoms with E-state index < -0.39 is 0 Å². The fourth-order valence-electron chi connectivity index (χ4n) is 3.12. The third-order valence-corrected chi connectivity index (χ3v) is 4.27. The molecule has 0 saturated carbocycles. The lowest BCUT2D eigenvalue weighted by molar-refractivity contribution is 0.257. The zero-order chi connectivity index (χ0) is 15.5. The predicted octanol–water partition coefficient (Wildman–Crippen LogP) is 1.93. The lowest BCUT2D eigenvalue weighted by Gasteiger charge is -2.18. The molecule has 3 aromatic rings. The Morgan fingerprint density at radius 2 is 1.78 bits per heavy atom. The van der Waals surface area contributed by atoms with Crippen LogP contribution in [0.1, 0.15) is 23.6 Å². The molecule has 6 nitrogen and oxygen atoms in total. The van der Waals surface area contributed by atoms with E-state index in [0.29, 0.717) is 0 Å². The highest BCUT2D eigenvalue weighted by molar-refractivity contribution is 5.10. The van der Waals surface area contributed by atoms with Gasteiger partial charge in [0.15, 0.2) is 5.82 Å². The highest BCUT2D eigenvalue weighted by Crippen LogP contribution is 2.15. The molecule has 23 heavy (non-hydrogen) atoms. The van der Waals surface area contributed by atoms with Crippen molar-refractivity contribution in [2.75, 3.05) is 6.54 Å². The minimum Gasteiger partial charge on any atom is -0.347 e. The fraction of sp³-hybridized carbons (Fsp3) is 0.353. The number of hydrogen-bond donors (Lipinski definition) is 0. The summed E-state index contributed by atoms with van der Waals surface area (Å²) in [5.74, 6) is 2.11. The number of rotatable bonds is 4. The quantitative estimate of drug-likeness (QED) is 0.739. The number of nitrogens with zero attached hydrogens (tertiary/aromatic N) is 6. The molecular weight excluding hydrogens is 288 g/mol. The van der Waals surface area contributed by atoms with E-state index in [4.69, 9.17) is 0 Å². The van der Waals surface area contributed by atoms with E-state index in [1.165, 1.54) is 5.56 Å². The first-order valence-corrected chi connectivity index (χ1v) is 8.01. The molecule has 4 rings (SSSR count). The lowest BCUT2D eigenvalue weighted by Crippen LogP contribution is -2.23. The van der Waals surface area contributed by atoms with Gasteiger partial charge in [-0.05, 0) is 36.2 Å². The number of hydrogen-bond acceptors (Lipinski definition) is 4. The molecule has 0 fully saturated rings. The van der Waals surface area contributed by atoms with Crippen molar-refractivity contribution in [1.82, 2.24) is 29.2 Å². The van der Waals surface area contributed by atoms with Gasteiger partial charge in [-0.25, -0.2) is 0 Å². The van der Waals surface area contributed by atoms with Gasteiger partial charge in [-0.3, -0.25) is 9.88 Å². The third kappa shape index (κ3) is 3.17. The standard InChI is InChI=1S/C17H20N6/c1-2-9-21(8-1)13-16-19-20-17-14-22(10-3-11-23(16)17)12-15-4-6-18-7-5-15/h1-2,4-9H,3,10-14H2. The number of fused-ring (bicyclic) bond motifs is 1. The van der Waals surface area contributed by atoms with Gasteiger partial charge in [0.2, 0.25) is 0 Å². The third-order valence-electron chi connectivity index (χ3n) is 4.27. The lowest BCUT2D eigenvalue weighted by atomic mass is 10.2. The number of aromatic nitrogens is 5. The molecule has 1 aliphatic rings. The van der Waals surface area contributed by atoms with Gasteiger partial charge in [-0.15, -0.1) is 10.2 Å². The van der Waals surface area contributed by atoms with E-state index in [9.17, 15) is 0 Å². The summed E-state index contributed by atoms with van der Waals surface area (Å²) in [6.07, 6.45) is 8.95. The van der Waals surface area contributed by atoms with Crippen molar-refractivity contribution in [2.45, 2.75) is 32.6 Å². The molecule has 1 aliphatic heterocycles. The van der Waals surface area contributed by atoms with Gasteiger partial charge in [0.25, 0.3) is 0 Å². The van der Waals surface area contributed by atoms with Gasteiger partial charge in [-0.2, -0.15) is 0 Å². The van der Waals surface area contributed by atoms with Crippen LogP contribution in [0.2, 0.25) is 0 Å². The summed E-state index contributed by atoms with van der Waals surface area (Å²) in [5, 5.41) is 8.85. The van der Waals surface area contributed by atoms with Gasteiger partial charge in [0, 0.05) is 44.4 Å². The van der Waals surface area contributed by atoms with E-state index in [0.717, 1.165) is 50.8 Å². The van der Waals surface area contributed by atoms with Crippen LogP contribution in [-0.4, -0.2) is 35.8 Å². The molecule has 0 aromatic carbocycles. The van der Waals surface area contributed by atoms with Crippen LogP contribution in [0.4, 0.5) is 0 Å². The van der Waals surface area contributed by atoms with Crippen molar-refractivity contribution >= 4 is 0 Å². The summed E-state index contributed by atoms with van der Waals surface area (Å²) in [6.45, 7) is 4.63. The molecule has 0 amide bonds. The average Bonchev–Trinajstić information content (AvgIpc) is 3.16. The fourth-order valence-corrected chi connectivity index (χ4v) is 3.12. The van der Waals surface area contributed by atoms with Crippen LogP contribution in [0.15, 0.2) is 49.1 Å². The van der Waals surface area contributed by atoms with E-state index in [-0.39, 0.29) is 0 Å². The summed E-state index contributed by atoms with van der Waals surface area (Å²) >= 11 is 0. The molecule has 0 atom stereocenters. The molecule has 0 bridgehead atoms. The Labute approximate surface area is 135 Å². The normalized spacial score (nSPS) is 15.3. The zero-order valence-corrected chi connectivity index (χ0v) is 13.0. The van der Waals surface area contributed by atoms with Crippen LogP contribution in [-0.2, 0) is 26.2 Å². The first-order valence-electron chi connectivity index (χ1n) is 8.01. The molecule has 118 valence electrons. The largest absolute Gasteiger partial charge is 0.347 e. The Bertz CT molecular complexity index is 747. The highest BCUT2D eigenvalue weighted by atomic mass is 15.3. The molecule has 6 heteroatoms. The van der Waals surface area contributed by atoms with Gasteiger partial charge in [0.1, 0.15) is 5.82 Å². The van der Waals surface area contributed by atoms with E-state index in [2.05, 4.69) is 53.7 Å². The molecule has 0 saturated heterocycles. The van der Waals surface area contributed by atoms with Gasteiger partial charge in [-0.1, -0.05) is 0 Å². The van der Waals surface area contributed by atoms with Crippen molar-refractivity contribution in [3.63, 3.8) is 0 Å². The second-order valence-electron chi connectivity index (χ2n) is 5.96. The van der Waals surface area contributed by atoms with Crippen LogP contribution < -0.4 is 0 Å².